The molecule has 1 unspecified atom stereocenters. The molecule has 25 heavy (non-hydrogen) atoms. The number of allylic oxidation sites excluding steroid dienone is 6. The second-order valence-corrected chi connectivity index (χ2v) is 8.73. The molecule has 0 radical (unpaired) electrons. The van der Waals surface area contributed by atoms with E-state index < -0.39 is 19.0 Å². The minimum absolute atomic E-state index is 0.107. The quantitative estimate of drug-likeness (QED) is 0.341. The van der Waals surface area contributed by atoms with Gasteiger partial charge in [-0.05, 0) is 66.2 Å². The maximum Gasteiger partial charge on any atom is 0.336 e. The summed E-state index contributed by atoms with van der Waals surface area (Å²) in [4.78, 5) is 29.8. The van der Waals surface area contributed by atoms with Gasteiger partial charge in [-0.3, -0.25) is 9.36 Å². The topological polar surface area (TPSA) is 74.6 Å². The standard InChI is InChI=1S/C20H35O4P/c1-6-9-16(2)10-7-11-17(3)12-8-13-18(4)14-15-20(19(5)21)25(22,23)24/h10,12,14,20H,6-9,11,13,15H2,1-5H3,(H2,22,23,24). The molecule has 0 heterocycles. The molecule has 0 aliphatic heterocycles. The van der Waals surface area contributed by atoms with Gasteiger partial charge in [0.2, 0.25) is 0 Å². The van der Waals surface area contributed by atoms with Gasteiger partial charge < -0.3 is 9.79 Å². The second-order valence-electron chi connectivity index (χ2n) is 6.93. The lowest BCUT2D eigenvalue weighted by Crippen LogP contribution is -2.17. The highest BCUT2D eigenvalue weighted by Crippen LogP contribution is 2.43. The molecule has 144 valence electrons. The fourth-order valence-electron chi connectivity index (χ4n) is 2.65. The number of hydrogen-bond donors (Lipinski definition) is 2. The number of carbonyl (C=O) groups excluding carboxylic acids is 1. The van der Waals surface area contributed by atoms with E-state index in [1.807, 2.05) is 6.92 Å². The van der Waals surface area contributed by atoms with Crippen molar-refractivity contribution in [2.45, 2.75) is 85.2 Å². The first-order chi connectivity index (χ1) is 11.6. The van der Waals surface area contributed by atoms with Crippen LogP contribution in [0.2, 0.25) is 0 Å². The fraction of sp³-hybridized carbons (Fsp3) is 0.650. The first-order valence-corrected chi connectivity index (χ1v) is 10.8. The van der Waals surface area contributed by atoms with Crippen LogP contribution in [0.5, 0.6) is 0 Å². The van der Waals surface area contributed by atoms with Gasteiger partial charge in [0.05, 0.1) is 0 Å². The maximum absolute atomic E-state index is 11.4. The Morgan fingerprint density at radius 3 is 1.72 bits per heavy atom. The molecule has 0 aliphatic carbocycles. The van der Waals surface area contributed by atoms with Crippen molar-refractivity contribution in [3.63, 3.8) is 0 Å². The average Bonchev–Trinajstić information content (AvgIpc) is 2.45. The summed E-state index contributed by atoms with van der Waals surface area (Å²) >= 11 is 0. The molecule has 4 nitrogen and oxygen atoms in total. The molecule has 2 N–H and O–H groups in total. The maximum atomic E-state index is 11.4. The average molecular weight is 370 g/mol. The Bertz CT molecular complexity index is 552. The van der Waals surface area contributed by atoms with Crippen LogP contribution in [0, 0.1) is 0 Å². The highest BCUT2D eigenvalue weighted by Gasteiger charge is 2.31. The Morgan fingerprint density at radius 2 is 1.32 bits per heavy atom. The molecule has 0 amide bonds. The normalized spacial score (nSPS) is 15.4. The smallest absolute Gasteiger partial charge is 0.324 e. The monoisotopic (exact) mass is 370 g/mol. The zero-order valence-corrected chi connectivity index (χ0v) is 17.3. The lowest BCUT2D eigenvalue weighted by atomic mass is 10.0. The molecular weight excluding hydrogens is 335 g/mol. The number of carbonyl (C=O) groups is 1. The number of Topliss-reactive ketones (excluding diaryl/α,β-unsaturated/α-hetero) is 1. The summed E-state index contributed by atoms with van der Waals surface area (Å²) < 4.78 is 11.3. The SMILES string of the molecule is CCCC(C)=CCCC(C)=CCCC(C)=CCC(C(C)=O)P(=O)(O)O. The van der Waals surface area contributed by atoms with E-state index in [0.29, 0.717) is 0 Å². The summed E-state index contributed by atoms with van der Waals surface area (Å²) in [7, 11) is -4.37. The zero-order chi connectivity index (χ0) is 19.5. The van der Waals surface area contributed by atoms with Crippen LogP contribution in [0.4, 0.5) is 0 Å². The first kappa shape index (κ1) is 24.0. The lowest BCUT2D eigenvalue weighted by molar-refractivity contribution is -0.116. The van der Waals surface area contributed by atoms with Crippen molar-refractivity contribution >= 4 is 13.4 Å². The minimum Gasteiger partial charge on any atom is -0.324 e. The molecule has 0 rings (SSSR count). The van der Waals surface area contributed by atoms with Gasteiger partial charge in [-0.15, -0.1) is 0 Å². The summed E-state index contributed by atoms with van der Waals surface area (Å²) in [5, 5.41) is 0. The van der Waals surface area contributed by atoms with Gasteiger partial charge in [0.1, 0.15) is 11.4 Å². The van der Waals surface area contributed by atoms with E-state index in [1.165, 1.54) is 30.9 Å². The van der Waals surface area contributed by atoms with Gasteiger partial charge in [-0.25, -0.2) is 0 Å². The van der Waals surface area contributed by atoms with Crippen LogP contribution < -0.4 is 0 Å². The Kier molecular flexibility index (Phi) is 11.9. The summed E-state index contributed by atoms with van der Waals surface area (Å²) in [6.07, 6.45) is 12.7. The van der Waals surface area contributed by atoms with E-state index >= 15 is 0 Å². The van der Waals surface area contributed by atoms with Gasteiger partial charge in [0.25, 0.3) is 0 Å². The van der Waals surface area contributed by atoms with E-state index in [0.717, 1.165) is 31.3 Å². The van der Waals surface area contributed by atoms with Crippen molar-refractivity contribution < 1.29 is 19.1 Å². The molecule has 0 aromatic carbocycles. The molecular formula is C20H35O4P. The number of rotatable bonds is 12. The van der Waals surface area contributed by atoms with Gasteiger partial charge in [0, 0.05) is 0 Å². The van der Waals surface area contributed by atoms with Crippen molar-refractivity contribution in [1.82, 2.24) is 0 Å². The van der Waals surface area contributed by atoms with Crippen LogP contribution in [-0.4, -0.2) is 21.2 Å². The van der Waals surface area contributed by atoms with Crippen molar-refractivity contribution in [3.05, 3.63) is 34.9 Å². The highest BCUT2D eigenvalue weighted by molar-refractivity contribution is 7.53. The largest absolute Gasteiger partial charge is 0.336 e. The van der Waals surface area contributed by atoms with Gasteiger partial charge in [-0.2, -0.15) is 0 Å². The number of ketones is 1. The molecule has 0 bridgehead atoms. The molecule has 0 aromatic rings. The van der Waals surface area contributed by atoms with Crippen LogP contribution in [0.1, 0.15) is 79.6 Å². The first-order valence-electron chi connectivity index (χ1n) is 9.10. The van der Waals surface area contributed by atoms with Crippen molar-refractivity contribution in [2.24, 2.45) is 0 Å². The van der Waals surface area contributed by atoms with Crippen LogP contribution >= 0.6 is 7.60 Å². The molecule has 5 heteroatoms. The summed E-state index contributed by atoms with van der Waals surface area (Å²) in [5.41, 5.74) is 2.67. The van der Waals surface area contributed by atoms with Crippen LogP contribution in [0.15, 0.2) is 34.9 Å². The molecule has 0 saturated carbocycles. The Balaban J connectivity index is 4.35. The van der Waals surface area contributed by atoms with Crippen LogP contribution in [0.25, 0.3) is 0 Å². The minimum atomic E-state index is -4.37. The second kappa shape index (κ2) is 12.4. The van der Waals surface area contributed by atoms with Crippen molar-refractivity contribution in [2.75, 3.05) is 0 Å². The molecule has 0 fully saturated rings. The number of hydrogen-bond acceptors (Lipinski definition) is 2. The Morgan fingerprint density at radius 1 is 0.880 bits per heavy atom. The third-order valence-corrected chi connectivity index (χ3v) is 5.66. The van der Waals surface area contributed by atoms with Crippen molar-refractivity contribution in [3.8, 4) is 0 Å². The van der Waals surface area contributed by atoms with E-state index in [1.54, 1.807) is 6.08 Å². The third kappa shape index (κ3) is 12.1. The van der Waals surface area contributed by atoms with Gasteiger partial charge >= 0.3 is 7.60 Å². The summed E-state index contributed by atoms with van der Waals surface area (Å²) in [5.74, 6) is -0.459. The van der Waals surface area contributed by atoms with E-state index in [-0.39, 0.29) is 6.42 Å². The molecule has 0 spiro atoms. The lowest BCUT2D eigenvalue weighted by Gasteiger charge is -2.13. The highest BCUT2D eigenvalue weighted by atomic mass is 31.2. The molecule has 1 atom stereocenters. The van der Waals surface area contributed by atoms with E-state index in [4.69, 9.17) is 0 Å². The van der Waals surface area contributed by atoms with Gasteiger partial charge in [-0.1, -0.05) is 48.3 Å². The molecule has 0 aromatic heterocycles. The zero-order valence-electron chi connectivity index (χ0n) is 16.4. The van der Waals surface area contributed by atoms with Crippen molar-refractivity contribution in [1.29, 1.82) is 0 Å². The van der Waals surface area contributed by atoms with Gasteiger partial charge in [0.15, 0.2) is 0 Å². The third-order valence-electron chi connectivity index (χ3n) is 4.27. The van der Waals surface area contributed by atoms with E-state index in [2.05, 4.69) is 32.9 Å². The van der Waals surface area contributed by atoms with Crippen LogP contribution in [-0.2, 0) is 9.36 Å². The summed E-state index contributed by atoms with van der Waals surface area (Å²) in [6, 6.07) is 0. The Hall–Kier alpha value is -0.960. The predicted molar refractivity (Wildman–Crippen MR) is 106 cm³/mol. The Labute approximate surface area is 153 Å². The fourth-order valence-corrected chi connectivity index (χ4v) is 3.50. The summed E-state index contributed by atoms with van der Waals surface area (Å²) in [6.45, 7) is 9.69. The molecule has 0 saturated heterocycles. The predicted octanol–water partition coefficient (Wildman–Crippen LogP) is 5.71. The van der Waals surface area contributed by atoms with E-state index in [9.17, 15) is 19.1 Å². The molecule has 0 aliphatic rings. The van der Waals surface area contributed by atoms with Crippen LogP contribution in [0.3, 0.4) is 0 Å².